The number of nitrogens with zero attached hydrogens (tertiary/aromatic N) is 2. The van der Waals surface area contributed by atoms with Gasteiger partial charge in [-0.3, -0.25) is 4.98 Å². The third-order valence-corrected chi connectivity index (χ3v) is 3.26. The molecule has 1 aliphatic rings. The summed E-state index contributed by atoms with van der Waals surface area (Å²) >= 11 is 0. The zero-order valence-electron chi connectivity index (χ0n) is 11.1. The first-order chi connectivity index (χ1) is 8.84. The molecule has 0 radical (unpaired) electrons. The number of rotatable bonds is 7. The maximum absolute atomic E-state index is 5.63. The van der Waals surface area contributed by atoms with Crippen molar-refractivity contribution >= 4 is 0 Å². The van der Waals surface area contributed by atoms with Crippen molar-refractivity contribution in [1.82, 2.24) is 15.2 Å². The van der Waals surface area contributed by atoms with E-state index < -0.39 is 0 Å². The van der Waals surface area contributed by atoms with Crippen molar-refractivity contribution in [3.05, 3.63) is 30.1 Å². The molecule has 2 heterocycles. The monoisotopic (exact) mass is 249 g/mol. The minimum Gasteiger partial charge on any atom is -0.377 e. The lowest BCUT2D eigenvalue weighted by Gasteiger charge is -2.20. The second-order valence-electron chi connectivity index (χ2n) is 4.94. The van der Waals surface area contributed by atoms with Crippen LogP contribution in [0.15, 0.2) is 24.5 Å². The van der Waals surface area contributed by atoms with Gasteiger partial charge in [-0.05, 0) is 31.5 Å². The Hall–Kier alpha value is -0.970. The van der Waals surface area contributed by atoms with Crippen molar-refractivity contribution in [2.75, 3.05) is 33.3 Å². The van der Waals surface area contributed by atoms with E-state index in [9.17, 15) is 0 Å². The first kappa shape index (κ1) is 13.5. The predicted molar refractivity (Wildman–Crippen MR) is 72.4 cm³/mol. The van der Waals surface area contributed by atoms with Crippen LogP contribution in [0.2, 0.25) is 0 Å². The molecule has 0 aliphatic carbocycles. The van der Waals surface area contributed by atoms with E-state index in [1.807, 2.05) is 12.3 Å². The van der Waals surface area contributed by atoms with Gasteiger partial charge in [-0.2, -0.15) is 0 Å². The van der Waals surface area contributed by atoms with Crippen LogP contribution in [0.4, 0.5) is 0 Å². The maximum atomic E-state index is 5.63. The van der Waals surface area contributed by atoms with Crippen LogP contribution in [0.5, 0.6) is 0 Å². The van der Waals surface area contributed by atoms with Gasteiger partial charge in [0, 0.05) is 45.2 Å². The highest BCUT2D eigenvalue weighted by Gasteiger charge is 2.16. The molecule has 0 amide bonds. The van der Waals surface area contributed by atoms with Gasteiger partial charge in [0.15, 0.2) is 0 Å². The molecular weight excluding hydrogens is 226 g/mol. The van der Waals surface area contributed by atoms with Crippen molar-refractivity contribution in [3.63, 3.8) is 0 Å². The van der Waals surface area contributed by atoms with Crippen LogP contribution in [-0.4, -0.2) is 49.3 Å². The third-order valence-electron chi connectivity index (χ3n) is 3.26. The van der Waals surface area contributed by atoms with Crippen LogP contribution in [0.1, 0.15) is 18.4 Å². The summed E-state index contributed by atoms with van der Waals surface area (Å²) in [4.78, 5) is 6.44. The molecular formula is C14H23N3O. The van der Waals surface area contributed by atoms with Gasteiger partial charge in [-0.25, -0.2) is 0 Å². The Labute approximate surface area is 109 Å². The number of pyridine rings is 1. The summed E-state index contributed by atoms with van der Waals surface area (Å²) in [5, 5.41) is 3.44. The van der Waals surface area contributed by atoms with Crippen LogP contribution in [0, 0.1) is 0 Å². The Kier molecular flexibility index (Phi) is 5.58. The van der Waals surface area contributed by atoms with Gasteiger partial charge < -0.3 is 15.0 Å². The van der Waals surface area contributed by atoms with Crippen LogP contribution in [0.3, 0.4) is 0 Å². The Morgan fingerprint density at radius 1 is 1.56 bits per heavy atom. The fraction of sp³-hybridized carbons (Fsp3) is 0.643. The fourth-order valence-corrected chi connectivity index (χ4v) is 2.23. The summed E-state index contributed by atoms with van der Waals surface area (Å²) in [5.41, 5.74) is 1.24. The van der Waals surface area contributed by atoms with Crippen molar-refractivity contribution in [2.45, 2.75) is 25.5 Å². The SMILES string of the molecule is CN(CCNCc1cccnc1)CC1CCCO1. The third kappa shape index (κ3) is 4.72. The number of hydrogen-bond acceptors (Lipinski definition) is 4. The molecule has 0 aromatic carbocycles. The molecule has 4 nitrogen and oxygen atoms in total. The summed E-state index contributed by atoms with van der Waals surface area (Å²) in [6.07, 6.45) is 6.60. The molecule has 1 N–H and O–H groups in total. The molecule has 1 unspecified atom stereocenters. The summed E-state index contributed by atoms with van der Waals surface area (Å²) < 4.78 is 5.63. The first-order valence-electron chi connectivity index (χ1n) is 6.74. The Balaban J connectivity index is 1.54. The topological polar surface area (TPSA) is 37.4 Å². The van der Waals surface area contributed by atoms with Gasteiger partial charge in [0.05, 0.1) is 6.10 Å². The summed E-state index contributed by atoms with van der Waals surface area (Å²) in [6.45, 7) is 4.94. The Morgan fingerprint density at radius 3 is 3.22 bits per heavy atom. The molecule has 1 saturated heterocycles. The van der Waals surface area contributed by atoms with Crippen molar-refractivity contribution in [2.24, 2.45) is 0 Å². The molecule has 0 spiro atoms. The molecule has 1 aromatic rings. The van der Waals surface area contributed by atoms with E-state index in [-0.39, 0.29) is 0 Å². The average molecular weight is 249 g/mol. The van der Waals surface area contributed by atoms with E-state index in [4.69, 9.17) is 4.74 Å². The Morgan fingerprint density at radius 2 is 2.50 bits per heavy atom. The van der Waals surface area contributed by atoms with Gasteiger partial charge in [0.25, 0.3) is 0 Å². The largest absolute Gasteiger partial charge is 0.377 e. The van der Waals surface area contributed by atoms with Gasteiger partial charge in [0.2, 0.25) is 0 Å². The highest BCUT2D eigenvalue weighted by Crippen LogP contribution is 2.12. The quantitative estimate of drug-likeness (QED) is 0.739. The van der Waals surface area contributed by atoms with Crippen LogP contribution >= 0.6 is 0 Å². The molecule has 100 valence electrons. The van der Waals surface area contributed by atoms with Gasteiger partial charge in [-0.1, -0.05) is 6.07 Å². The molecule has 1 aliphatic heterocycles. The van der Waals surface area contributed by atoms with Crippen molar-refractivity contribution in [3.8, 4) is 0 Å². The molecule has 2 rings (SSSR count). The van der Waals surface area contributed by atoms with E-state index >= 15 is 0 Å². The average Bonchev–Trinajstić information content (AvgIpc) is 2.89. The molecule has 0 saturated carbocycles. The highest BCUT2D eigenvalue weighted by molar-refractivity contribution is 5.07. The minimum atomic E-state index is 0.452. The smallest absolute Gasteiger partial charge is 0.0702 e. The lowest BCUT2D eigenvalue weighted by molar-refractivity contribution is 0.0815. The summed E-state index contributed by atoms with van der Waals surface area (Å²) in [7, 11) is 2.16. The number of likely N-dealkylation sites (N-methyl/N-ethyl adjacent to an activating group) is 1. The van der Waals surface area contributed by atoms with Crippen LogP contribution in [-0.2, 0) is 11.3 Å². The van der Waals surface area contributed by atoms with E-state index in [2.05, 4.69) is 28.3 Å². The highest BCUT2D eigenvalue weighted by atomic mass is 16.5. The molecule has 1 fully saturated rings. The minimum absolute atomic E-state index is 0.452. The maximum Gasteiger partial charge on any atom is 0.0702 e. The molecule has 4 heteroatoms. The van der Waals surface area contributed by atoms with Gasteiger partial charge in [-0.15, -0.1) is 0 Å². The molecule has 1 atom stereocenters. The number of hydrogen-bond donors (Lipinski definition) is 1. The molecule has 1 aromatic heterocycles. The number of nitrogens with one attached hydrogen (secondary N) is 1. The van der Waals surface area contributed by atoms with Gasteiger partial charge >= 0.3 is 0 Å². The second kappa shape index (κ2) is 7.46. The van der Waals surface area contributed by atoms with E-state index in [0.717, 1.165) is 32.8 Å². The fourth-order valence-electron chi connectivity index (χ4n) is 2.23. The van der Waals surface area contributed by atoms with Crippen molar-refractivity contribution < 1.29 is 4.74 Å². The van der Waals surface area contributed by atoms with E-state index in [1.54, 1.807) is 6.20 Å². The normalized spacial score (nSPS) is 19.6. The van der Waals surface area contributed by atoms with Gasteiger partial charge in [0.1, 0.15) is 0 Å². The second-order valence-corrected chi connectivity index (χ2v) is 4.94. The lowest BCUT2D eigenvalue weighted by Crippen LogP contribution is -2.34. The van der Waals surface area contributed by atoms with Crippen molar-refractivity contribution in [1.29, 1.82) is 0 Å². The van der Waals surface area contributed by atoms with E-state index in [0.29, 0.717) is 6.10 Å². The zero-order valence-corrected chi connectivity index (χ0v) is 11.1. The van der Waals surface area contributed by atoms with Crippen LogP contribution in [0.25, 0.3) is 0 Å². The molecule has 0 bridgehead atoms. The lowest BCUT2D eigenvalue weighted by atomic mass is 10.2. The number of aromatic nitrogens is 1. The van der Waals surface area contributed by atoms with Crippen LogP contribution < -0.4 is 5.32 Å². The predicted octanol–water partition coefficient (Wildman–Crippen LogP) is 1.28. The first-order valence-corrected chi connectivity index (χ1v) is 6.74. The molecule has 18 heavy (non-hydrogen) atoms. The summed E-state index contributed by atoms with van der Waals surface area (Å²) in [5.74, 6) is 0. The zero-order chi connectivity index (χ0) is 12.6. The Bertz CT molecular complexity index is 325. The number of ether oxygens (including phenoxy) is 1. The van der Waals surface area contributed by atoms with E-state index in [1.165, 1.54) is 18.4 Å². The standard InChI is InChI=1S/C14H23N3O/c1-17(12-14-5-3-9-18-14)8-7-16-11-13-4-2-6-15-10-13/h2,4,6,10,14,16H,3,5,7-9,11-12H2,1H3. The summed E-state index contributed by atoms with van der Waals surface area (Å²) in [6, 6.07) is 4.07.